The fourth-order valence-electron chi connectivity index (χ4n) is 4.70. The fourth-order valence-corrected chi connectivity index (χ4v) is 5.02. The van der Waals surface area contributed by atoms with E-state index in [-0.39, 0.29) is 17.6 Å². The molecule has 37 heavy (non-hydrogen) atoms. The summed E-state index contributed by atoms with van der Waals surface area (Å²) < 4.78 is 42.8. The molecular weight excluding hydrogens is 505 g/mol. The van der Waals surface area contributed by atoms with Gasteiger partial charge in [0.2, 0.25) is 0 Å². The lowest BCUT2D eigenvalue weighted by Gasteiger charge is -2.34. The number of rotatable bonds is 6. The molecule has 192 valence electrons. The molecule has 10 heteroatoms. The van der Waals surface area contributed by atoms with E-state index in [1.54, 1.807) is 29.0 Å². The Morgan fingerprint density at radius 1 is 1.08 bits per heavy atom. The molecule has 1 aliphatic rings. The Kier molecular flexibility index (Phi) is 6.97. The highest BCUT2D eigenvalue weighted by Crippen LogP contribution is 2.35. The zero-order valence-electron chi connectivity index (χ0n) is 19.7. The van der Waals surface area contributed by atoms with E-state index in [0.717, 1.165) is 48.3 Å². The molecule has 0 radical (unpaired) electrons. The van der Waals surface area contributed by atoms with Crippen LogP contribution in [0, 0.1) is 0 Å². The van der Waals surface area contributed by atoms with E-state index in [2.05, 4.69) is 20.1 Å². The summed E-state index contributed by atoms with van der Waals surface area (Å²) in [4.78, 5) is 14.9. The molecule has 1 N–H and O–H groups in total. The van der Waals surface area contributed by atoms with Crippen LogP contribution in [0.15, 0.2) is 73.1 Å². The first-order valence-corrected chi connectivity index (χ1v) is 12.2. The van der Waals surface area contributed by atoms with Crippen LogP contribution in [0.1, 0.15) is 40.2 Å². The monoisotopic (exact) mass is 528 g/mol. The highest BCUT2D eigenvalue weighted by atomic mass is 35.5. The number of anilines is 1. The second kappa shape index (κ2) is 10.3. The number of alkyl halides is 3. The van der Waals surface area contributed by atoms with Gasteiger partial charge in [0.25, 0.3) is 5.91 Å². The molecular formula is C27H24ClF3N4O2. The summed E-state index contributed by atoms with van der Waals surface area (Å²) in [5.74, 6) is -0.165. The highest BCUT2D eigenvalue weighted by Gasteiger charge is 2.31. The third kappa shape index (κ3) is 5.83. The van der Waals surface area contributed by atoms with E-state index in [1.165, 1.54) is 12.1 Å². The molecule has 0 saturated carbocycles. The first-order chi connectivity index (χ1) is 17.8. The van der Waals surface area contributed by atoms with Gasteiger partial charge in [0, 0.05) is 25.8 Å². The van der Waals surface area contributed by atoms with Gasteiger partial charge in [-0.1, -0.05) is 35.9 Å². The molecule has 4 aromatic rings. The highest BCUT2D eigenvalue weighted by molar-refractivity contribution is 6.33. The van der Waals surface area contributed by atoms with Gasteiger partial charge in [0.15, 0.2) is 0 Å². The first-order valence-electron chi connectivity index (χ1n) is 11.9. The van der Waals surface area contributed by atoms with Crippen molar-refractivity contribution in [1.82, 2.24) is 14.9 Å². The lowest BCUT2D eigenvalue weighted by Crippen LogP contribution is -2.33. The number of pyridine rings is 1. The van der Waals surface area contributed by atoms with E-state index in [9.17, 15) is 18.0 Å². The quantitative estimate of drug-likeness (QED) is 0.324. The van der Waals surface area contributed by atoms with Crippen molar-refractivity contribution in [3.05, 3.63) is 94.8 Å². The van der Waals surface area contributed by atoms with Crippen LogP contribution in [0.5, 0.6) is 5.75 Å². The van der Waals surface area contributed by atoms with Crippen molar-refractivity contribution in [3.8, 4) is 5.75 Å². The Hall–Kier alpha value is -3.72. The number of aromatic nitrogens is 2. The number of amides is 1. The Morgan fingerprint density at radius 3 is 2.54 bits per heavy atom. The molecule has 1 fully saturated rings. The van der Waals surface area contributed by atoms with E-state index >= 15 is 0 Å². The molecule has 1 amide bonds. The molecule has 1 saturated heterocycles. The molecule has 2 aromatic carbocycles. The Morgan fingerprint density at radius 2 is 1.84 bits per heavy atom. The maximum absolute atomic E-state index is 12.7. The van der Waals surface area contributed by atoms with Crippen LogP contribution in [0.25, 0.3) is 5.52 Å². The van der Waals surface area contributed by atoms with Crippen molar-refractivity contribution in [2.45, 2.75) is 31.7 Å². The number of piperidine rings is 1. The minimum atomic E-state index is -4.69. The predicted molar refractivity (Wildman–Crippen MR) is 135 cm³/mol. The maximum atomic E-state index is 12.7. The summed E-state index contributed by atoms with van der Waals surface area (Å²) in [5, 5.41) is 7.73. The molecule has 0 aliphatic carbocycles. The molecule has 0 spiro atoms. The number of carbonyl (C=O) groups excluding carboxylic acids is 1. The van der Waals surface area contributed by atoms with Gasteiger partial charge in [-0.2, -0.15) is 5.10 Å². The van der Waals surface area contributed by atoms with Gasteiger partial charge in [-0.3, -0.25) is 4.79 Å². The number of carbonyl (C=O) groups is 1. The topological polar surface area (TPSA) is 58.9 Å². The standard InChI is InChI=1S/C27H24ClF3N4O2/c28-23-15-18(16-32-26(36)22-17-33-35-12-2-1-3-24(22)35)4-9-25(23)34-13-10-20(11-14-34)19-5-7-21(8-6-19)37-27(29,30)31/h1-9,12,15,17,20H,10-11,13-14,16H2,(H,32,36). The zero-order chi connectivity index (χ0) is 26.0. The number of ether oxygens (including phenoxy) is 1. The van der Waals surface area contributed by atoms with Crippen molar-refractivity contribution in [2.24, 2.45) is 0 Å². The number of hydrogen-bond acceptors (Lipinski definition) is 4. The number of benzene rings is 2. The van der Waals surface area contributed by atoms with E-state index < -0.39 is 6.36 Å². The van der Waals surface area contributed by atoms with Crippen LogP contribution >= 0.6 is 11.6 Å². The van der Waals surface area contributed by atoms with Crippen molar-refractivity contribution in [3.63, 3.8) is 0 Å². The third-order valence-electron chi connectivity index (χ3n) is 6.56. The summed E-state index contributed by atoms with van der Waals surface area (Å²) in [6.07, 6.45) is 0.356. The summed E-state index contributed by atoms with van der Waals surface area (Å²) in [7, 11) is 0. The lowest BCUT2D eigenvalue weighted by atomic mass is 9.89. The van der Waals surface area contributed by atoms with Crippen molar-refractivity contribution in [2.75, 3.05) is 18.0 Å². The number of nitrogens with one attached hydrogen (secondary N) is 1. The normalized spacial score (nSPS) is 14.6. The molecule has 3 heterocycles. The molecule has 0 bridgehead atoms. The number of halogens is 4. The van der Waals surface area contributed by atoms with Crippen molar-refractivity contribution in [1.29, 1.82) is 0 Å². The molecule has 6 nitrogen and oxygen atoms in total. The predicted octanol–water partition coefficient (Wildman–Crippen LogP) is 6.20. The minimum absolute atomic E-state index is 0.207. The van der Waals surface area contributed by atoms with Gasteiger partial charge in [0.1, 0.15) is 5.75 Å². The van der Waals surface area contributed by atoms with Crippen LogP contribution < -0.4 is 15.0 Å². The lowest BCUT2D eigenvalue weighted by molar-refractivity contribution is -0.274. The summed E-state index contributed by atoms with van der Waals surface area (Å²) in [6, 6.07) is 17.4. The number of nitrogens with zero attached hydrogens (tertiary/aromatic N) is 3. The van der Waals surface area contributed by atoms with Gasteiger partial charge in [0.05, 0.1) is 28.0 Å². The average Bonchev–Trinajstić information content (AvgIpc) is 3.31. The molecule has 5 rings (SSSR count). The van der Waals surface area contributed by atoms with Crippen molar-refractivity contribution < 1.29 is 22.7 Å². The van der Waals surface area contributed by atoms with Crippen LogP contribution in [0.4, 0.5) is 18.9 Å². The average molecular weight is 529 g/mol. The fraction of sp³-hybridized carbons (Fsp3) is 0.259. The van der Waals surface area contributed by atoms with Gasteiger partial charge in [-0.15, -0.1) is 13.2 Å². The number of fused-ring (bicyclic) bond motifs is 1. The molecule has 0 atom stereocenters. The van der Waals surface area contributed by atoms with Gasteiger partial charge in [-0.05, 0) is 66.3 Å². The number of hydrogen-bond donors (Lipinski definition) is 1. The largest absolute Gasteiger partial charge is 0.573 e. The molecule has 2 aromatic heterocycles. The van der Waals surface area contributed by atoms with Crippen LogP contribution in [0.3, 0.4) is 0 Å². The Labute approximate surface area is 216 Å². The van der Waals surface area contributed by atoms with Crippen LogP contribution in [-0.4, -0.2) is 35.0 Å². The summed E-state index contributed by atoms with van der Waals surface area (Å²) >= 11 is 6.61. The smallest absolute Gasteiger partial charge is 0.406 e. The minimum Gasteiger partial charge on any atom is -0.406 e. The SMILES string of the molecule is O=C(NCc1ccc(N2CCC(c3ccc(OC(F)(F)F)cc3)CC2)c(Cl)c1)c1cnn2ccccc12. The Balaban J connectivity index is 1.16. The first kappa shape index (κ1) is 25.0. The summed E-state index contributed by atoms with van der Waals surface area (Å²) in [5.41, 5.74) is 4.05. The third-order valence-corrected chi connectivity index (χ3v) is 6.86. The van der Waals surface area contributed by atoms with Crippen LogP contribution in [0.2, 0.25) is 5.02 Å². The van der Waals surface area contributed by atoms with Crippen LogP contribution in [-0.2, 0) is 6.54 Å². The van der Waals surface area contributed by atoms with E-state index in [0.29, 0.717) is 17.1 Å². The zero-order valence-corrected chi connectivity index (χ0v) is 20.5. The van der Waals surface area contributed by atoms with Crippen molar-refractivity contribution >= 4 is 28.7 Å². The maximum Gasteiger partial charge on any atom is 0.573 e. The molecule has 0 unspecified atom stereocenters. The Bertz CT molecular complexity index is 1400. The van der Waals surface area contributed by atoms with E-state index in [1.807, 2.05) is 36.4 Å². The van der Waals surface area contributed by atoms with Gasteiger partial charge < -0.3 is 15.0 Å². The second-order valence-electron chi connectivity index (χ2n) is 8.94. The summed E-state index contributed by atoms with van der Waals surface area (Å²) in [6.45, 7) is 1.88. The van der Waals surface area contributed by atoms with Gasteiger partial charge in [-0.25, -0.2) is 4.52 Å². The molecule has 1 aliphatic heterocycles. The van der Waals surface area contributed by atoms with Gasteiger partial charge >= 0.3 is 6.36 Å². The second-order valence-corrected chi connectivity index (χ2v) is 9.34. The van der Waals surface area contributed by atoms with E-state index in [4.69, 9.17) is 11.6 Å².